The van der Waals surface area contributed by atoms with Crippen LogP contribution in [0.25, 0.3) is 0 Å². The minimum atomic E-state index is -1.31. The smallest absolute Gasteiger partial charge is 0.326 e. The van der Waals surface area contributed by atoms with Crippen LogP contribution in [0.2, 0.25) is 0 Å². The van der Waals surface area contributed by atoms with E-state index >= 15 is 0 Å². The lowest BCUT2D eigenvalue weighted by Gasteiger charge is -2.20. The van der Waals surface area contributed by atoms with Crippen molar-refractivity contribution in [2.24, 2.45) is 5.92 Å². The molecular weight excluding hydrogens is 883 g/mol. The number of amides is 5. The van der Waals surface area contributed by atoms with Crippen LogP contribution in [0.5, 0.6) is 5.75 Å². The second-order valence-electron chi connectivity index (χ2n) is 15.4. The van der Waals surface area contributed by atoms with Crippen LogP contribution in [0, 0.1) is 5.92 Å². The number of ether oxygens (including phenoxy) is 1. The van der Waals surface area contributed by atoms with Gasteiger partial charge in [0.1, 0.15) is 29.9 Å². The molecule has 0 aliphatic carbocycles. The van der Waals surface area contributed by atoms with Crippen LogP contribution in [0.3, 0.4) is 0 Å². The number of carboxylic acid groups (broad SMARTS) is 5. The molecule has 2 aromatic carbocycles. The summed E-state index contributed by atoms with van der Waals surface area (Å²) in [5, 5.41) is 64.2. The number of Topliss-reactive ketones (excluding diaryl/α,β-unsaturated/α-hetero) is 1. The van der Waals surface area contributed by atoms with Crippen molar-refractivity contribution in [3.05, 3.63) is 65.7 Å². The fourth-order valence-corrected chi connectivity index (χ4v) is 6.42. The normalized spacial score (nSPS) is 13.0. The van der Waals surface area contributed by atoms with Crippen molar-refractivity contribution in [1.29, 1.82) is 0 Å². The molecule has 2 aromatic rings. The maximum Gasteiger partial charge on any atom is 0.326 e. The number of hydrogen-bond donors (Lipinski definition) is 12. The van der Waals surface area contributed by atoms with Crippen LogP contribution in [-0.4, -0.2) is 148 Å². The number of carbonyl (C=O) groups excluding carboxylic acids is 5. The van der Waals surface area contributed by atoms with Gasteiger partial charge in [-0.15, -0.1) is 0 Å². The van der Waals surface area contributed by atoms with E-state index in [2.05, 4.69) is 37.2 Å². The van der Waals surface area contributed by atoms with E-state index in [1.54, 1.807) is 49.4 Å². The SMILES string of the molecule is CCC[C@H](NC(=O)N[C@@H](CCCCNC(=O)[C@H](Cc1ccccc1)NC(=O)COc1ccc(C[C@H](CC(=O)CNC(=O)CCC(NCCNCC(=O)O)C(=O)O)C(=O)O)cc1)C(=O)O)C(=O)O. The van der Waals surface area contributed by atoms with E-state index in [0.717, 1.165) is 5.56 Å². The van der Waals surface area contributed by atoms with Crippen molar-refractivity contribution in [2.45, 2.75) is 95.3 Å². The Balaban J connectivity index is 1.86. The highest BCUT2D eigenvalue weighted by molar-refractivity contribution is 5.90. The minimum absolute atomic E-state index is 0.00513. The molecule has 0 aliphatic rings. The number of aliphatic carboxylic acids is 5. The second-order valence-corrected chi connectivity index (χ2v) is 15.4. The Morgan fingerprint density at radius 3 is 1.81 bits per heavy atom. The predicted molar refractivity (Wildman–Crippen MR) is 237 cm³/mol. The third-order valence-electron chi connectivity index (χ3n) is 9.95. The van der Waals surface area contributed by atoms with Crippen LogP contribution < -0.4 is 42.0 Å². The highest BCUT2D eigenvalue weighted by Gasteiger charge is 2.26. The number of unbranched alkanes of at least 4 members (excludes halogenated alkanes) is 1. The molecule has 0 aromatic heterocycles. The van der Waals surface area contributed by atoms with E-state index in [-0.39, 0.29) is 76.9 Å². The first-order valence-electron chi connectivity index (χ1n) is 21.6. The highest BCUT2D eigenvalue weighted by atomic mass is 16.5. The molecule has 23 nitrogen and oxygen atoms in total. The van der Waals surface area contributed by atoms with Gasteiger partial charge in [-0.1, -0.05) is 55.8 Å². The van der Waals surface area contributed by atoms with Crippen molar-refractivity contribution >= 4 is 59.4 Å². The van der Waals surface area contributed by atoms with Crippen molar-refractivity contribution in [2.75, 3.05) is 39.3 Å². The number of carboxylic acids is 5. The molecule has 0 saturated heterocycles. The number of urea groups is 1. The Kier molecular flexibility index (Phi) is 25.8. The van der Waals surface area contributed by atoms with Gasteiger partial charge in [-0.2, -0.15) is 0 Å². The zero-order chi connectivity index (χ0) is 49.7. The van der Waals surface area contributed by atoms with Gasteiger partial charge < -0.3 is 67.5 Å². The Morgan fingerprint density at radius 1 is 0.582 bits per heavy atom. The maximum atomic E-state index is 13.3. The zero-order valence-corrected chi connectivity index (χ0v) is 37.1. The summed E-state index contributed by atoms with van der Waals surface area (Å²) in [6.07, 6.45) is 0.537. The van der Waals surface area contributed by atoms with Crippen LogP contribution >= 0.6 is 0 Å². The van der Waals surface area contributed by atoms with Gasteiger partial charge in [0.2, 0.25) is 11.8 Å². The first-order valence-corrected chi connectivity index (χ1v) is 21.6. The lowest BCUT2D eigenvalue weighted by molar-refractivity contribution is -0.143. The molecule has 5 atom stereocenters. The number of benzene rings is 2. The van der Waals surface area contributed by atoms with Gasteiger partial charge in [0.25, 0.3) is 5.91 Å². The molecule has 2 rings (SSSR count). The molecule has 368 valence electrons. The Labute approximate surface area is 386 Å². The molecule has 1 unspecified atom stereocenters. The van der Waals surface area contributed by atoms with Crippen molar-refractivity contribution < 1.29 is 78.2 Å². The van der Waals surface area contributed by atoms with Crippen LogP contribution in [0.15, 0.2) is 54.6 Å². The molecule has 0 heterocycles. The van der Waals surface area contributed by atoms with E-state index < -0.39 is 109 Å². The van der Waals surface area contributed by atoms with Gasteiger partial charge in [0.05, 0.1) is 19.0 Å². The van der Waals surface area contributed by atoms with E-state index in [1.165, 1.54) is 12.1 Å². The minimum Gasteiger partial charge on any atom is -0.484 e. The summed E-state index contributed by atoms with van der Waals surface area (Å²) >= 11 is 0. The van der Waals surface area contributed by atoms with E-state index in [9.17, 15) is 68.4 Å². The summed E-state index contributed by atoms with van der Waals surface area (Å²) in [6.45, 7) is 0.906. The molecular formula is C44H61N7O16. The first-order chi connectivity index (χ1) is 31.9. The van der Waals surface area contributed by atoms with Gasteiger partial charge >= 0.3 is 35.9 Å². The molecule has 67 heavy (non-hydrogen) atoms. The molecule has 0 aliphatic heterocycles. The summed E-state index contributed by atoms with van der Waals surface area (Å²) in [6, 6.07) is 9.48. The Morgan fingerprint density at radius 2 is 1.21 bits per heavy atom. The molecule has 23 heteroatoms. The summed E-state index contributed by atoms with van der Waals surface area (Å²) in [4.78, 5) is 121. The highest BCUT2D eigenvalue weighted by Crippen LogP contribution is 2.18. The van der Waals surface area contributed by atoms with Crippen molar-refractivity contribution in [3.63, 3.8) is 0 Å². The number of ketones is 1. The molecule has 12 N–H and O–H groups in total. The molecule has 0 spiro atoms. The zero-order valence-electron chi connectivity index (χ0n) is 37.1. The fourth-order valence-electron chi connectivity index (χ4n) is 6.42. The number of rotatable bonds is 35. The average Bonchev–Trinajstić information content (AvgIpc) is 3.27. The molecule has 0 radical (unpaired) electrons. The van der Waals surface area contributed by atoms with E-state index in [1.807, 2.05) is 0 Å². The van der Waals surface area contributed by atoms with Crippen LogP contribution in [0.1, 0.15) is 69.4 Å². The Bertz CT molecular complexity index is 1970. The largest absolute Gasteiger partial charge is 0.484 e. The van der Waals surface area contributed by atoms with Gasteiger partial charge in [-0.05, 0) is 61.8 Å². The standard InChI is InChI=1S/C44H61N7O16/c1-2-8-33(42(62)63)50-44(66)51-34(43(64)65)11-6-7-18-47-39(57)35(22-27-9-4-3-5-10-27)49-37(54)26-67-31-14-12-28(13-15-31)21-29(40(58)59)23-30(52)24-48-36(53)17-16-32(41(60)61)46-20-19-45-25-38(55)56/h3-5,9-10,12-15,29,32-35,45-46H,2,6-8,11,16-26H2,1H3,(H,47,57)(H,48,53)(H,49,54)(H,55,56)(H,58,59)(H,60,61)(H,62,63)(H,64,65)(H2,50,51,66)/t29-,32?,33+,34+,35+/m1/s1. The molecule has 5 amide bonds. The first kappa shape index (κ1) is 56.0. The summed E-state index contributed by atoms with van der Waals surface area (Å²) in [5.74, 6) is -9.32. The molecule has 0 fully saturated rings. The van der Waals surface area contributed by atoms with Crippen LogP contribution in [0.4, 0.5) is 4.79 Å². The van der Waals surface area contributed by atoms with E-state index in [0.29, 0.717) is 18.4 Å². The molecule has 0 saturated carbocycles. The second kappa shape index (κ2) is 30.9. The Hall–Kier alpha value is -7.14. The number of nitrogens with one attached hydrogen (secondary N) is 7. The third kappa shape index (κ3) is 24.1. The van der Waals surface area contributed by atoms with Gasteiger partial charge in [-0.25, -0.2) is 14.4 Å². The average molecular weight is 944 g/mol. The predicted octanol–water partition coefficient (Wildman–Crippen LogP) is -0.0990. The molecule has 0 bridgehead atoms. The monoisotopic (exact) mass is 943 g/mol. The number of carbonyl (C=O) groups is 10. The maximum absolute atomic E-state index is 13.3. The van der Waals surface area contributed by atoms with Gasteiger partial charge in [0.15, 0.2) is 12.4 Å². The third-order valence-corrected chi connectivity index (χ3v) is 9.95. The summed E-state index contributed by atoms with van der Waals surface area (Å²) < 4.78 is 5.61. The van der Waals surface area contributed by atoms with Crippen LogP contribution in [-0.2, 0) is 56.0 Å². The topological polar surface area (TPSA) is 365 Å². The van der Waals surface area contributed by atoms with Gasteiger partial charge in [0, 0.05) is 38.9 Å². The summed E-state index contributed by atoms with van der Waals surface area (Å²) in [7, 11) is 0. The van der Waals surface area contributed by atoms with Crippen molar-refractivity contribution in [1.82, 2.24) is 37.2 Å². The lowest BCUT2D eigenvalue weighted by Crippen LogP contribution is -2.51. The number of hydrogen-bond acceptors (Lipinski definition) is 13. The fraction of sp³-hybridized carbons (Fsp3) is 0.500. The lowest BCUT2D eigenvalue weighted by atomic mass is 9.94. The van der Waals surface area contributed by atoms with E-state index in [4.69, 9.17) is 9.84 Å². The van der Waals surface area contributed by atoms with Crippen molar-refractivity contribution in [3.8, 4) is 5.75 Å². The summed E-state index contributed by atoms with van der Waals surface area (Å²) in [5.41, 5.74) is 1.28. The quantitative estimate of drug-likeness (QED) is 0.0402. The van der Waals surface area contributed by atoms with Gasteiger partial charge in [-0.3, -0.25) is 33.6 Å².